The van der Waals surface area contributed by atoms with E-state index in [1.807, 2.05) is 18.2 Å². The summed E-state index contributed by atoms with van der Waals surface area (Å²) in [4.78, 5) is 0. The largest absolute Gasteiger partial charge is 0.393 e. The van der Waals surface area contributed by atoms with Crippen LogP contribution in [0.1, 0.15) is 70.8 Å². The summed E-state index contributed by atoms with van der Waals surface area (Å²) in [5, 5.41) is 22.8. The summed E-state index contributed by atoms with van der Waals surface area (Å²) in [6.45, 7) is 4.83. The van der Waals surface area contributed by atoms with Gasteiger partial charge in [-0.25, -0.2) is 0 Å². The monoisotopic (exact) mass is 448 g/mol. The van der Waals surface area contributed by atoms with Crippen LogP contribution in [0.4, 0.5) is 0 Å². The number of hydrogen-bond donors (Lipinski definition) is 2. The van der Waals surface area contributed by atoms with Crippen LogP contribution in [0.15, 0.2) is 23.8 Å². The Labute approximate surface area is 190 Å². The zero-order chi connectivity index (χ0) is 21.3. The van der Waals surface area contributed by atoms with Crippen molar-refractivity contribution in [2.75, 3.05) is 0 Å². The highest BCUT2D eigenvalue weighted by Crippen LogP contribution is 2.67. The van der Waals surface area contributed by atoms with Gasteiger partial charge >= 0.3 is 0 Å². The Morgan fingerprint density at radius 3 is 2.53 bits per heavy atom. The summed E-state index contributed by atoms with van der Waals surface area (Å²) in [7, 11) is 0. The van der Waals surface area contributed by atoms with Gasteiger partial charge < -0.3 is 10.2 Å². The molecule has 0 amide bonds. The molecule has 0 heterocycles. The molecule has 4 saturated carbocycles. The average molecular weight is 449 g/mol. The minimum atomic E-state index is -0.405. The number of aliphatic hydroxyl groups is 2. The predicted octanol–water partition coefficient (Wildman–Crippen LogP) is 6.75. The molecule has 30 heavy (non-hydrogen) atoms. The molecule has 0 aromatic heterocycles. The maximum absolute atomic E-state index is 11.4. The molecule has 0 aliphatic heterocycles. The first-order chi connectivity index (χ1) is 14.2. The van der Waals surface area contributed by atoms with E-state index < -0.39 is 6.10 Å². The minimum Gasteiger partial charge on any atom is -0.393 e. The molecule has 4 fully saturated rings. The van der Waals surface area contributed by atoms with Gasteiger partial charge in [-0.05, 0) is 97.7 Å². The van der Waals surface area contributed by atoms with Crippen LogP contribution in [0.3, 0.4) is 0 Å². The van der Waals surface area contributed by atoms with Crippen LogP contribution >= 0.6 is 23.2 Å². The van der Waals surface area contributed by atoms with Gasteiger partial charge in [-0.3, -0.25) is 0 Å². The molecular formula is C26H34Cl2O2. The lowest BCUT2D eigenvalue weighted by Gasteiger charge is -2.60. The van der Waals surface area contributed by atoms with Gasteiger partial charge in [0.1, 0.15) is 0 Å². The van der Waals surface area contributed by atoms with Crippen LogP contribution < -0.4 is 0 Å². The maximum Gasteiger partial charge on any atom is 0.0809 e. The highest BCUT2D eigenvalue weighted by Gasteiger charge is 2.61. The normalized spacial score (nSPS) is 46.9. The molecule has 0 unspecified atom stereocenters. The first-order valence-corrected chi connectivity index (χ1v) is 12.5. The van der Waals surface area contributed by atoms with E-state index in [4.69, 9.17) is 23.2 Å². The lowest BCUT2D eigenvalue weighted by Crippen LogP contribution is -2.54. The highest BCUT2D eigenvalue weighted by molar-refractivity contribution is 6.42. The van der Waals surface area contributed by atoms with Gasteiger partial charge in [0, 0.05) is 5.41 Å². The molecule has 2 N–H and O–H groups in total. The van der Waals surface area contributed by atoms with E-state index in [1.165, 1.54) is 19.3 Å². The third-order valence-corrected chi connectivity index (χ3v) is 10.7. The molecule has 1 aromatic rings. The topological polar surface area (TPSA) is 40.5 Å². The molecule has 8 atom stereocenters. The van der Waals surface area contributed by atoms with Crippen LogP contribution in [-0.4, -0.2) is 22.4 Å². The SMILES string of the molecule is C[C@]12CC[C@H](O)C[C@H]1CC[C@@H]1[C@@H]2CC[C@]2(C)[C@@H](O)/C(=C/c3cccc(Cl)c3Cl)C[C@@H]12. The Morgan fingerprint density at radius 2 is 1.73 bits per heavy atom. The zero-order valence-corrected chi connectivity index (χ0v) is 19.6. The van der Waals surface area contributed by atoms with E-state index in [1.54, 1.807) is 0 Å². The molecule has 0 spiro atoms. The van der Waals surface area contributed by atoms with Crippen LogP contribution in [0.25, 0.3) is 6.08 Å². The van der Waals surface area contributed by atoms with Crippen molar-refractivity contribution in [3.8, 4) is 0 Å². The van der Waals surface area contributed by atoms with Crippen molar-refractivity contribution >= 4 is 29.3 Å². The molecule has 4 aliphatic rings. The molecule has 4 aliphatic carbocycles. The van der Waals surface area contributed by atoms with Gasteiger partial charge in [-0.2, -0.15) is 0 Å². The first kappa shape index (κ1) is 21.3. The standard InChI is InChI=1S/C26H34Cl2O2/c1-25-10-8-18(29)14-17(25)6-7-19-20(25)9-11-26(2)21(19)13-16(24(26)30)12-15-4-3-5-22(27)23(15)28/h3-5,12,17-21,24,29-30H,6-11,13-14H2,1-2H3/b16-12+/t17-,18+,19-,20+,21+,24+,25+,26+/m1/s1. The van der Waals surface area contributed by atoms with Gasteiger partial charge in [0.25, 0.3) is 0 Å². The third-order valence-electron chi connectivity index (χ3n) is 9.83. The summed E-state index contributed by atoms with van der Waals surface area (Å²) in [6.07, 6.45) is 10.4. The number of aliphatic hydroxyl groups excluding tert-OH is 2. The highest BCUT2D eigenvalue weighted by atomic mass is 35.5. The van der Waals surface area contributed by atoms with Crippen LogP contribution in [0.5, 0.6) is 0 Å². The lowest BCUT2D eigenvalue weighted by atomic mass is 9.45. The summed E-state index contributed by atoms with van der Waals surface area (Å²) in [5.41, 5.74) is 2.35. The lowest BCUT2D eigenvalue weighted by molar-refractivity contribution is -0.133. The fourth-order valence-corrected chi connectivity index (χ4v) is 8.43. The van der Waals surface area contributed by atoms with Gasteiger partial charge in [0.2, 0.25) is 0 Å². The molecule has 0 radical (unpaired) electrons. The van der Waals surface area contributed by atoms with Crippen molar-refractivity contribution in [3.63, 3.8) is 0 Å². The summed E-state index contributed by atoms with van der Waals surface area (Å²) in [5.74, 6) is 2.59. The van der Waals surface area contributed by atoms with Crippen molar-refractivity contribution in [1.82, 2.24) is 0 Å². The number of halogens is 2. The quantitative estimate of drug-likeness (QED) is 0.498. The summed E-state index contributed by atoms with van der Waals surface area (Å²) >= 11 is 12.7. The van der Waals surface area contributed by atoms with Crippen LogP contribution in [-0.2, 0) is 0 Å². The Morgan fingerprint density at radius 1 is 0.967 bits per heavy atom. The van der Waals surface area contributed by atoms with E-state index in [0.29, 0.717) is 33.2 Å². The van der Waals surface area contributed by atoms with Crippen molar-refractivity contribution in [3.05, 3.63) is 39.4 Å². The van der Waals surface area contributed by atoms with Gasteiger partial charge in [-0.15, -0.1) is 0 Å². The minimum absolute atomic E-state index is 0.0462. The maximum atomic E-state index is 11.4. The van der Waals surface area contributed by atoms with Crippen LogP contribution in [0, 0.1) is 34.5 Å². The molecule has 4 heteroatoms. The fourth-order valence-electron chi connectivity index (χ4n) is 8.07. The second-order valence-electron chi connectivity index (χ2n) is 11.1. The molecule has 0 bridgehead atoms. The zero-order valence-electron chi connectivity index (χ0n) is 18.1. The molecule has 1 aromatic carbocycles. The second kappa shape index (κ2) is 7.51. The van der Waals surface area contributed by atoms with E-state index >= 15 is 0 Å². The number of rotatable bonds is 1. The smallest absolute Gasteiger partial charge is 0.0809 e. The molecule has 164 valence electrons. The summed E-state index contributed by atoms with van der Waals surface area (Å²) in [6, 6.07) is 5.72. The van der Waals surface area contributed by atoms with Crippen molar-refractivity contribution < 1.29 is 10.2 Å². The predicted molar refractivity (Wildman–Crippen MR) is 124 cm³/mol. The Bertz CT molecular complexity index is 867. The number of benzene rings is 1. The van der Waals surface area contributed by atoms with Gasteiger partial charge in [0.15, 0.2) is 0 Å². The summed E-state index contributed by atoms with van der Waals surface area (Å²) < 4.78 is 0. The first-order valence-electron chi connectivity index (χ1n) is 11.7. The van der Waals surface area contributed by atoms with Gasteiger partial charge in [0.05, 0.1) is 22.3 Å². The van der Waals surface area contributed by atoms with Crippen molar-refractivity contribution in [2.45, 2.75) is 77.4 Å². The van der Waals surface area contributed by atoms with E-state index in [-0.39, 0.29) is 11.5 Å². The Hall–Kier alpha value is -0.540. The molecular weight excluding hydrogens is 415 g/mol. The Balaban J connectivity index is 1.46. The van der Waals surface area contributed by atoms with E-state index in [9.17, 15) is 10.2 Å². The number of fused-ring (bicyclic) bond motifs is 5. The third kappa shape index (κ3) is 3.12. The van der Waals surface area contributed by atoms with Gasteiger partial charge in [-0.1, -0.05) is 55.3 Å². The van der Waals surface area contributed by atoms with Crippen LogP contribution in [0.2, 0.25) is 10.0 Å². The molecule has 5 rings (SSSR count). The molecule has 0 saturated heterocycles. The fraction of sp³-hybridized carbons (Fsp3) is 0.692. The van der Waals surface area contributed by atoms with E-state index in [2.05, 4.69) is 19.9 Å². The second-order valence-corrected chi connectivity index (χ2v) is 11.9. The van der Waals surface area contributed by atoms with Crippen molar-refractivity contribution in [1.29, 1.82) is 0 Å². The van der Waals surface area contributed by atoms with Crippen molar-refractivity contribution in [2.24, 2.45) is 34.5 Å². The molecule has 2 nitrogen and oxygen atoms in total. The Kier molecular flexibility index (Phi) is 5.33. The number of hydrogen-bond acceptors (Lipinski definition) is 2. The van der Waals surface area contributed by atoms with E-state index in [0.717, 1.165) is 49.2 Å². The average Bonchev–Trinajstić information content (AvgIpc) is 2.97.